The molecule has 0 amide bonds. The molecule has 0 aliphatic carbocycles. The smallest absolute Gasteiger partial charge is 0.345 e. The van der Waals surface area contributed by atoms with Crippen LogP contribution in [0.2, 0.25) is 0 Å². The summed E-state index contributed by atoms with van der Waals surface area (Å²) in [7, 11) is 5.62. The molecule has 0 saturated heterocycles. The first-order valence-corrected chi connectivity index (χ1v) is 6.27. The Kier molecular flexibility index (Phi) is 6.33. The molecule has 4 heteroatoms. The summed E-state index contributed by atoms with van der Waals surface area (Å²) in [5, 5.41) is 0. The Morgan fingerprint density at radius 3 is 2.27 bits per heavy atom. The van der Waals surface area contributed by atoms with Crippen LogP contribution in [0.5, 0.6) is 0 Å². The van der Waals surface area contributed by atoms with Gasteiger partial charge in [-0.05, 0) is 12.1 Å². The molecule has 0 aromatic heterocycles. The highest BCUT2D eigenvalue weighted by atomic mass is 35.5. The van der Waals surface area contributed by atoms with E-state index in [1.54, 1.807) is 12.1 Å². The maximum absolute atomic E-state index is 12.3. The van der Waals surface area contributed by atoms with Crippen molar-refractivity contribution in [3.8, 4) is 0 Å². The summed E-state index contributed by atoms with van der Waals surface area (Å²) in [6.45, 7) is 0. The van der Waals surface area contributed by atoms with Crippen molar-refractivity contribution < 1.29 is 4.39 Å². The topological polar surface area (TPSA) is 0 Å². The SMILES string of the molecule is Cl.Fc1ccc([CH2][Mg][Cl])cc1. The highest BCUT2D eigenvalue weighted by Gasteiger charge is 1.94. The van der Waals surface area contributed by atoms with Crippen LogP contribution in [0.1, 0.15) is 5.56 Å². The van der Waals surface area contributed by atoms with Crippen molar-refractivity contribution in [3.63, 3.8) is 0 Å². The molecule has 0 spiro atoms. The van der Waals surface area contributed by atoms with Gasteiger partial charge in [0.25, 0.3) is 0 Å². The second-order valence-corrected chi connectivity index (χ2v) is 4.08. The maximum atomic E-state index is 12.3. The van der Waals surface area contributed by atoms with Crippen molar-refractivity contribution in [2.45, 2.75) is 4.55 Å². The minimum Gasteiger partial charge on any atom is -0.345 e. The molecule has 0 radical (unpaired) electrons. The molecule has 0 bridgehead atoms. The zero-order valence-corrected chi connectivity index (χ0v) is 8.87. The minimum atomic E-state index is -0.447. The van der Waals surface area contributed by atoms with Crippen molar-refractivity contribution in [1.82, 2.24) is 0 Å². The summed E-state index contributed by atoms with van der Waals surface area (Å²) in [6.07, 6.45) is 0. The van der Waals surface area contributed by atoms with Crippen LogP contribution >= 0.6 is 21.5 Å². The van der Waals surface area contributed by atoms with Crippen LogP contribution in [0.3, 0.4) is 0 Å². The first-order valence-electron chi connectivity index (χ1n) is 3.13. The summed E-state index contributed by atoms with van der Waals surface area (Å²) < 4.78 is 13.3. The van der Waals surface area contributed by atoms with E-state index in [9.17, 15) is 4.39 Å². The van der Waals surface area contributed by atoms with E-state index >= 15 is 0 Å². The van der Waals surface area contributed by atoms with Crippen LogP contribution in [0.25, 0.3) is 0 Å². The zero-order valence-electron chi connectivity index (χ0n) is 5.89. The molecule has 1 aromatic rings. The molecule has 0 atom stereocenters. The van der Waals surface area contributed by atoms with E-state index in [0.717, 1.165) is 10.1 Å². The first-order chi connectivity index (χ1) is 4.83. The standard InChI is InChI=1S/C7H6F.2ClH.Mg/c1-6-2-4-7(8)5-3-6;;;/h2-5H,1H2;2*1H;/q;;;+1/p-1. The van der Waals surface area contributed by atoms with Crippen LogP contribution in [0.4, 0.5) is 4.39 Å². The third-order valence-electron chi connectivity index (χ3n) is 1.30. The third-order valence-corrected chi connectivity index (χ3v) is 2.63. The Morgan fingerprint density at radius 1 is 1.27 bits per heavy atom. The molecular formula is C7H7Cl2FMg. The normalized spacial score (nSPS) is 8.18. The summed E-state index contributed by atoms with van der Waals surface area (Å²) in [5.41, 5.74) is 1.14. The lowest BCUT2D eigenvalue weighted by Gasteiger charge is -1.94. The molecule has 1 rings (SSSR count). The van der Waals surface area contributed by atoms with Crippen molar-refractivity contribution in [2.75, 3.05) is 0 Å². The van der Waals surface area contributed by atoms with E-state index in [-0.39, 0.29) is 18.2 Å². The van der Waals surface area contributed by atoms with E-state index in [2.05, 4.69) is 0 Å². The Morgan fingerprint density at radius 2 is 1.82 bits per heavy atom. The largest absolute Gasteiger partial charge is 0.505 e. The van der Waals surface area contributed by atoms with Gasteiger partial charge < -0.3 is 9.07 Å². The molecule has 11 heavy (non-hydrogen) atoms. The van der Waals surface area contributed by atoms with Gasteiger partial charge in [0, 0.05) is 0 Å². The molecule has 0 nitrogen and oxygen atoms in total. The Labute approximate surface area is 85.0 Å². The molecule has 0 aliphatic heterocycles. The molecule has 0 aliphatic rings. The zero-order chi connectivity index (χ0) is 7.40. The molecule has 0 N–H and O–H groups in total. The van der Waals surface area contributed by atoms with Gasteiger partial charge >= 0.3 is 19.3 Å². The van der Waals surface area contributed by atoms with Crippen LogP contribution in [0, 0.1) is 5.82 Å². The fourth-order valence-corrected chi connectivity index (χ4v) is 1.97. The number of benzene rings is 1. The highest BCUT2D eigenvalue weighted by Crippen LogP contribution is 2.02. The summed E-state index contributed by atoms with van der Waals surface area (Å²) in [5.74, 6) is -0.181. The third kappa shape index (κ3) is 4.16. The van der Waals surface area contributed by atoms with Gasteiger partial charge in [-0.2, -0.15) is 0 Å². The summed E-state index contributed by atoms with van der Waals surface area (Å²) in [4.78, 5) is 0. The molecule has 1 aromatic carbocycles. The molecular weight excluding hydrogens is 198 g/mol. The lowest BCUT2D eigenvalue weighted by atomic mass is 10.2. The first kappa shape index (κ1) is 11.5. The predicted octanol–water partition coefficient (Wildman–Crippen LogP) is 2.61. The van der Waals surface area contributed by atoms with Crippen molar-refractivity contribution in [2.24, 2.45) is 0 Å². The average molecular weight is 205 g/mol. The Bertz CT molecular complexity index is 200. The lowest BCUT2D eigenvalue weighted by Crippen LogP contribution is -1.88. The van der Waals surface area contributed by atoms with Gasteiger partial charge in [-0.15, -0.1) is 12.4 Å². The van der Waals surface area contributed by atoms with Crippen molar-refractivity contribution in [3.05, 3.63) is 35.6 Å². The van der Waals surface area contributed by atoms with Gasteiger partial charge in [0.05, 0.1) is 0 Å². The van der Waals surface area contributed by atoms with E-state index in [1.807, 2.05) is 0 Å². The van der Waals surface area contributed by atoms with Gasteiger partial charge in [0.2, 0.25) is 0 Å². The average Bonchev–Trinajstić information content (AvgIpc) is 1.95. The van der Waals surface area contributed by atoms with Gasteiger partial charge in [-0.1, -0.05) is 22.2 Å². The van der Waals surface area contributed by atoms with Gasteiger partial charge in [-0.25, -0.2) is 4.39 Å². The Hall–Kier alpha value is 0.496. The van der Waals surface area contributed by atoms with E-state index in [1.165, 1.54) is 12.1 Å². The van der Waals surface area contributed by atoms with E-state index in [4.69, 9.17) is 9.07 Å². The fourth-order valence-electron chi connectivity index (χ4n) is 0.760. The number of halogens is 3. The number of hydrogen-bond acceptors (Lipinski definition) is 0. The number of rotatable bonds is 2. The molecule has 0 fully saturated rings. The van der Waals surface area contributed by atoms with Gasteiger partial charge in [0.15, 0.2) is 0 Å². The second kappa shape index (κ2) is 6.06. The highest BCUT2D eigenvalue weighted by molar-refractivity contribution is 6.93. The second-order valence-electron chi connectivity index (χ2n) is 2.07. The minimum absolute atomic E-state index is 0. The fraction of sp³-hybridized carbons (Fsp3) is 0.143. The monoisotopic (exact) mass is 204 g/mol. The lowest BCUT2D eigenvalue weighted by molar-refractivity contribution is 0.627. The van der Waals surface area contributed by atoms with Gasteiger partial charge in [0.1, 0.15) is 5.82 Å². The van der Waals surface area contributed by atoms with Crippen molar-refractivity contribution >= 4 is 40.7 Å². The Balaban J connectivity index is 0.000001000. The van der Waals surface area contributed by atoms with Crippen LogP contribution in [-0.4, -0.2) is 19.3 Å². The van der Waals surface area contributed by atoms with E-state index < -0.39 is 19.3 Å². The summed E-state index contributed by atoms with van der Waals surface area (Å²) in [6, 6.07) is 6.50. The van der Waals surface area contributed by atoms with Crippen molar-refractivity contribution in [1.29, 1.82) is 0 Å². The molecule has 0 unspecified atom stereocenters. The van der Waals surface area contributed by atoms with Gasteiger partial charge in [-0.3, -0.25) is 0 Å². The van der Waals surface area contributed by atoms with Crippen LogP contribution in [-0.2, 0) is 4.55 Å². The summed E-state index contributed by atoms with van der Waals surface area (Å²) >= 11 is -0.447. The predicted molar refractivity (Wildman–Crippen MR) is 49.0 cm³/mol. The number of hydrogen-bond donors (Lipinski definition) is 0. The van der Waals surface area contributed by atoms with Crippen LogP contribution in [0.15, 0.2) is 24.3 Å². The van der Waals surface area contributed by atoms with Crippen LogP contribution < -0.4 is 0 Å². The maximum Gasteiger partial charge on any atom is 0.505 e. The quantitative estimate of drug-likeness (QED) is 0.651. The molecule has 0 saturated carbocycles. The molecule has 58 valence electrons. The molecule has 0 heterocycles. The van der Waals surface area contributed by atoms with E-state index in [0.29, 0.717) is 0 Å².